The third-order valence-electron chi connectivity index (χ3n) is 4.45. The molecule has 0 bridgehead atoms. The van der Waals surface area contributed by atoms with E-state index >= 15 is 0 Å². The van der Waals surface area contributed by atoms with Gasteiger partial charge in [0.15, 0.2) is 11.0 Å². The molecular formula is C20H21F2N5O3S2. The van der Waals surface area contributed by atoms with Crippen LogP contribution in [-0.4, -0.2) is 41.1 Å². The standard InChI is InChI=1S/C20H21F2N5O3S2/c1-13-4-9-16(22)17(10-13)23-19(28)12-31-20-25-24-18(26(20)2)11-27(32(3,29)30)15-7-5-14(21)6-8-15/h4-10H,11-12H2,1-3H3,(H,23,28). The lowest BCUT2D eigenvalue weighted by molar-refractivity contribution is -0.113. The van der Waals surface area contributed by atoms with Gasteiger partial charge < -0.3 is 9.88 Å². The number of carbonyl (C=O) groups is 1. The Balaban J connectivity index is 1.69. The number of rotatable bonds is 8. The molecule has 0 fully saturated rings. The van der Waals surface area contributed by atoms with E-state index in [4.69, 9.17) is 0 Å². The second-order valence-corrected chi connectivity index (χ2v) is 9.87. The van der Waals surface area contributed by atoms with Crippen molar-refractivity contribution in [1.82, 2.24) is 14.8 Å². The maximum Gasteiger partial charge on any atom is 0.234 e. The normalized spacial score (nSPS) is 11.4. The van der Waals surface area contributed by atoms with Gasteiger partial charge in [-0.15, -0.1) is 10.2 Å². The number of aromatic nitrogens is 3. The molecule has 0 saturated carbocycles. The highest BCUT2D eigenvalue weighted by Crippen LogP contribution is 2.23. The lowest BCUT2D eigenvalue weighted by atomic mass is 10.2. The van der Waals surface area contributed by atoms with Gasteiger partial charge in [-0.05, 0) is 48.9 Å². The predicted octanol–water partition coefficient (Wildman–Crippen LogP) is 3.10. The fourth-order valence-corrected chi connectivity index (χ4v) is 4.38. The molecule has 1 amide bonds. The molecule has 8 nitrogen and oxygen atoms in total. The fourth-order valence-electron chi connectivity index (χ4n) is 2.80. The van der Waals surface area contributed by atoms with Crippen LogP contribution in [0, 0.1) is 18.6 Å². The van der Waals surface area contributed by atoms with Crippen LogP contribution in [0.5, 0.6) is 0 Å². The monoisotopic (exact) mass is 481 g/mol. The minimum absolute atomic E-state index is 0.0485. The number of nitrogens with one attached hydrogen (secondary N) is 1. The number of sulfonamides is 1. The third kappa shape index (κ3) is 5.82. The molecule has 0 atom stereocenters. The van der Waals surface area contributed by atoms with E-state index in [1.54, 1.807) is 24.6 Å². The molecule has 0 saturated heterocycles. The summed E-state index contributed by atoms with van der Waals surface area (Å²) >= 11 is 1.07. The van der Waals surface area contributed by atoms with Crippen LogP contribution in [0.15, 0.2) is 47.6 Å². The molecule has 2 aromatic carbocycles. The number of halogens is 2. The van der Waals surface area contributed by atoms with E-state index in [0.29, 0.717) is 11.0 Å². The average Bonchev–Trinajstić information content (AvgIpc) is 3.07. The summed E-state index contributed by atoms with van der Waals surface area (Å²) in [5, 5.41) is 10.9. The number of nitrogens with zero attached hydrogens (tertiary/aromatic N) is 4. The molecule has 0 radical (unpaired) electrons. The quantitative estimate of drug-likeness (QED) is 0.497. The molecule has 0 aliphatic rings. The molecule has 3 rings (SSSR count). The van der Waals surface area contributed by atoms with Gasteiger partial charge in [0.1, 0.15) is 11.6 Å². The van der Waals surface area contributed by atoms with E-state index in [-0.39, 0.29) is 23.7 Å². The largest absolute Gasteiger partial charge is 0.323 e. The summed E-state index contributed by atoms with van der Waals surface area (Å²) < 4.78 is 54.2. The smallest absolute Gasteiger partial charge is 0.234 e. The van der Waals surface area contributed by atoms with Crippen LogP contribution in [0.25, 0.3) is 0 Å². The van der Waals surface area contributed by atoms with Crippen molar-refractivity contribution in [2.75, 3.05) is 21.6 Å². The Bertz CT molecular complexity index is 1230. The molecule has 32 heavy (non-hydrogen) atoms. The minimum atomic E-state index is -3.68. The van der Waals surface area contributed by atoms with Gasteiger partial charge >= 0.3 is 0 Å². The molecule has 1 heterocycles. The fraction of sp³-hybridized carbons (Fsp3) is 0.250. The molecule has 1 N–H and O–H groups in total. The van der Waals surface area contributed by atoms with Crippen molar-refractivity contribution >= 4 is 39.1 Å². The first-order valence-electron chi connectivity index (χ1n) is 9.35. The van der Waals surface area contributed by atoms with E-state index in [1.165, 1.54) is 36.4 Å². The Morgan fingerprint density at radius 2 is 1.84 bits per heavy atom. The number of thioether (sulfide) groups is 1. The lowest BCUT2D eigenvalue weighted by Gasteiger charge is -2.21. The zero-order valence-electron chi connectivity index (χ0n) is 17.5. The third-order valence-corrected chi connectivity index (χ3v) is 6.61. The number of hydrogen-bond acceptors (Lipinski definition) is 6. The highest BCUT2D eigenvalue weighted by molar-refractivity contribution is 7.99. The first-order valence-corrected chi connectivity index (χ1v) is 12.2. The summed E-state index contributed by atoms with van der Waals surface area (Å²) in [6, 6.07) is 9.47. The first kappa shape index (κ1) is 23.7. The number of amides is 1. The van der Waals surface area contributed by atoms with Gasteiger partial charge in [0, 0.05) is 7.05 Å². The van der Waals surface area contributed by atoms with Crippen molar-refractivity contribution in [3.63, 3.8) is 0 Å². The lowest BCUT2D eigenvalue weighted by Crippen LogP contribution is -2.30. The summed E-state index contributed by atoms with van der Waals surface area (Å²) in [6.07, 6.45) is 1.04. The second kappa shape index (κ2) is 9.65. The van der Waals surface area contributed by atoms with Gasteiger partial charge in [-0.2, -0.15) is 0 Å². The van der Waals surface area contributed by atoms with Crippen LogP contribution in [0.4, 0.5) is 20.2 Å². The van der Waals surface area contributed by atoms with Crippen molar-refractivity contribution in [3.05, 3.63) is 65.5 Å². The Kier molecular flexibility index (Phi) is 7.14. The summed E-state index contributed by atoms with van der Waals surface area (Å²) in [7, 11) is -2.04. The zero-order valence-corrected chi connectivity index (χ0v) is 19.2. The zero-order chi connectivity index (χ0) is 23.5. The Labute approximate surface area is 188 Å². The molecule has 12 heteroatoms. The molecule has 0 aliphatic heterocycles. The first-order chi connectivity index (χ1) is 15.0. The van der Waals surface area contributed by atoms with Crippen LogP contribution in [0.2, 0.25) is 0 Å². The van der Waals surface area contributed by atoms with Crippen LogP contribution in [-0.2, 0) is 28.4 Å². The second-order valence-electron chi connectivity index (χ2n) is 7.02. The van der Waals surface area contributed by atoms with Gasteiger partial charge in [0.05, 0.1) is 29.9 Å². The average molecular weight is 482 g/mol. The van der Waals surface area contributed by atoms with Gasteiger partial charge in [-0.25, -0.2) is 17.2 Å². The summed E-state index contributed by atoms with van der Waals surface area (Å²) in [4.78, 5) is 12.2. The van der Waals surface area contributed by atoms with Gasteiger partial charge in [-0.1, -0.05) is 17.8 Å². The van der Waals surface area contributed by atoms with E-state index in [9.17, 15) is 22.0 Å². The van der Waals surface area contributed by atoms with Crippen LogP contribution >= 0.6 is 11.8 Å². The van der Waals surface area contributed by atoms with E-state index < -0.39 is 27.6 Å². The topological polar surface area (TPSA) is 97.2 Å². The molecule has 1 aromatic heterocycles. The summed E-state index contributed by atoms with van der Waals surface area (Å²) in [6.45, 7) is 1.66. The predicted molar refractivity (Wildman–Crippen MR) is 119 cm³/mol. The van der Waals surface area contributed by atoms with E-state index in [0.717, 1.165) is 27.9 Å². The summed E-state index contributed by atoms with van der Waals surface area (Å²) in [5.41, 5.74) is 1.19. The van der Waals surface area contributed by atoms with E-state index in [2.05, 4.69) is 15.5 Å². The van der Waals surface area contributed by atoms with Crippen LogP contribution in [0.1, 0.15) is 11.4 Å². The van der Waals surface area contributed by atoms with Crippen molar-refractivity contribution in [2.24, 2.45) is 7.05 Å². The van der Waals surface area contributed by atoms with Gasteiger partial charge in [-0.3, -0.25) is 9.10 Å². The number of benzene rings is 2. The number of carbonyl (C=O) groups excluding carboxylic acids is 1. The molecule has 0 aliphatic carbocycles. The van der Waals surface area contributed by atoms with Crippen molar-refractivity contribution in [3.8, 4) is 0 Å². The van der Waals surface area contributed by atoms with Crippen molar-refractivity contribution in [1.29, 1.82) is 0 Å². The number of aryl methyl sites for hydroxylation is 1. The van der Waals surface area contributed by atoms with Gasteiger partial charge in [0.2, 0.25) is 15.9 Å². The molecule has 0 unspecified atom stereocenters. The highest BCUT2D eigenvalue weighted by atomic mass is 32.2. The number of anilines is 2. The summed E-state index contributed by atoms with van der Waals surface area (Å²) in [5.74, 6) is -1.16. The van der Waals surface area contributed by atoms with Crippen LogP contribution < -0.4 is 9.62 Å². The Hall–Kier alpha value is -2.99. The highest BCUT2D eigenvalue weighted by Gasteiger charge is 2.22. The molecule has 170 valence electrons. The maximum absolute atomic E-state index is 13.8. The van der Waals surface area contributed by atoms with Gasteiger partial charge in [0.25, 0.3) is 0 Å². The Morgan fingerprint density at radius 1 is 1.16 bits per heavy atom. The van der Waals surface area contributed by atoms with E-state index in [1.807, 2.05) is 0 Å². The Morgan fingerprint density at radius 3 is 2.50 bits per heavy atom. The molecule has 3 aromatic rings. The minimum Gasteiger partial charge on any atom is -0.323 e. The molecular weight excluding hydrogens is 460 g/mol. The SMILES string of the molecule is Cc1ccc(F)c(NC(=O)CSc2nnc(CN(c3ccc(F)cc3)S(C)(=O)=O)n2C)c1. The van der Waals surface area contributed by atoms with Crippen molar-refractivity contribution in [2.45, 2.75) is 18.6 Å². The van der Waals surface area contributed by atoms with Crippen LogP contribution in [0.3, 0.4) is 0 Å². The van der Waals surface area contributed by atoms with Crippen molar-refractivity contribution < 1.29 is 22.0 Å². The number of hydrogen-bond donors (Lipinski definition) is 1. The maximum atomic E-state index is 13.8. The molecule has 0 spiro atoms.